The van der Waals surface area contributed by atoms with Crippen molar-refractivity contribution in [3.05, 3.63) is 101 Å². The maximum atomic E-state index is 12.4. The van der Waals surface area contributed by atoms with Crippen LogP contribution in [0, 0.1) is 13.8 Å². The molecular formula is C26H23N3O3. The molecule has 2 aromatic carbocycles. The van der Waals surface area contributed by atoms with Crippen molar-refractivity contribution in [3.63, 3.8) is 0 Å². The summed E-state index contributed by atoms with van der Waals surface area (Å²) in [4.78, 5) is 28.2. The van der Waals surface area contributed by atoms with Crippen LogP contribution < -0.4 is 5.32 Å². The first-order valence-corrected chi connectivity index (χ1v) is 10.2. The predicted molar refractivity (Wildman–Crippen MR) is 124 cm³/mol. The molecule has 2 aromatic heterocycles. The number of benzene rings is 2. The molecule has 0 aliphatic heterocycles. The van der Waals surface area contributed by atoms with E-state index in [2.05, 4.69) is 5.32 Å². The van der Waals surface area contributed by atoms with Gasteiger partial charge in [-0.3, -0.25) is 9.20 Å². The number of carbonyl (C=O) groups excluding carboxylic acids is 1. The number of hydrogen-bond acceptors (Lipinski definition) is 3. The molecule has 0 atom stereocenters. The number of carbonyl (C=O) groups is 2. The third-order valence-corrected chi connectivity index (χ3v) is 5.20. The van der Waals surface area contributed by atoms with Crippen LogP contribution in [0.25, 0.3) is 23.0 Å². The minimum Gasteiger partial charge on any atom is -0.478 e. The molecule has 4 aromatic rings. The van der Waals surface area contributed by atoms with E-state index >= 15 is 0 Å². The van der Waals surface area contributed by atoms with Crippen LogP contribution in [0.3, 0.4) is 0 Å². The quantitative estimate of drug-likeness (QED) is 0.441. The molecule has 1 amide bonds. The summed E-state index contributed by atoms with van der Waals surface area (Å²) in [7, 11) is 0. The second-order valence-electron chi connectivity index (χ2n) is 7.70. The second kappa shape index (κ2) is 8.89. The monoisotopic (exact) mass is 425 g/mol. The van der Waals surface area contributed by atoms with Crippen LogP contribution in [0.2, 0.25) is 0 Å². The first-order chi connectivity index (χ1) is 15.4. The molecular weight excluding hydrogens is 402 g/mol. The van der Waals surface area contributed by atoms with E-state index < -0.39 is 5.97 Å². The van der Waals surface area contributed by atoms with Crippen molar-refractivity contribution < 1.29 is 14.7 Å². The molecule has 4 rings (SSSR count). The van der Waals surface area contributed by atoms with Gasteiger partial charge in [0.15, 0.2) is 0 Å². The normalized spacial score (nSPS) is 11.2. The summed E-state index contributed by atoms with van der Waals surface area (Å²) in [6, 6.07) is 18.6. The summed E-state index contributed by atoms with van der Waals surface area (Å²) < 4.78 is 1.97. The van der Waals surface area contributed by atoms with Gasteiger partial charge in [-0.1, -0.05) is 42.0 Å². The van der Waals surface area contributed by atoms with Gasteiger partial charge in [-0.05, 0) is 55.3 Å². The number of pyridine rings is 1. The van der Waals surface area contributed by atoms with Crippen molar-refractivity contribution in [2.24, 2.45) is 0 Å². The lowest BCUT2D eigenvalue weighted by atomic mass is 10.1. The van der Waals surface area contributed by atoms with E-state index in [4.69, 9.17) is 10.1 Å². The number of carboxylic acid groups (broad SMARTS) is 1. The molecule has 0 unspecified atom stereocenters. The smallest absolute Gasteiger partial charge is 0.335 e. The van der Waals surface area contributed by atoms with Crippen molar-refractivity contribution in [1.82, 2.24) is 14.7 Å². The molecule has 32 heavy (non-hydrogen) atoms. The number of imidazole rings is 1. The Labute approximate surface area is 185 Å². The topological polar surface area (TPSA) is 83.7 Å². The maximum absolute atomic E-state index is 12.4. The van der Waals surface area contributed by atoms with Gasteiger partial charge in [-0.25, -0.2) is 9.78 Å². The van der Waals surface area contributed by atoms with Crippen LogP contribution in [0.15, 0.2) is 72.9 Å². The Morgan fingerprint density at radius 3 is 2.41 bits per heavy atom. The van der Waals surface area contributed by atoms with E-state index in [1.54, 1.807) is 18.2 Å². The van der Waals surface area contributed by atoms with E-state index in [0.717, 1.165) is 33.7 Å². The van der Waals surface area contributed by atoms with E-state index in [1.807, 2.05) is 60.8 Å². The highest BCUT2D eigenvalue weighted by Crippen LogP contribution is 2.26. The summed E-state index contributed by atoms with van der Waals surface area (Å²) in [6.07, 6.45) is 5.22. The molecule has 160 valence electrons. The zero-order valence-corrected chi connectivity index (χ0v) is 17.9. The Morgan fingerprint density at radius 2 is 1.72 bits per heavy atom. The minimum atomic E-state index is -0.976. The van der Waals surface area contributed by atoms with Gasteiger partial charge in [-0.2, -0.15) is 0 Å². The number of carboxylic acids is 1. The van der Waals surface area contributed by atoms with E-state index in [9.17, 15) is 9.59 Å². The van der Waals surface area contributed by atoms with Gasteiger partial charge in [0.25, 0.3) is 0 Å². The number of fused-ring (bicyclic) bond motifs is 1. The van der Waals surface area contributed by atoms with Crippen LogP contribution in [-0.2, 0) is 11.3 Å². The third kappa shape index (κ3) is 4.59. The number of aryl methyl sites for hydroxylation is 2. The van der Waals surface area contributed by atoms with E-state index in [0.29, 0.717) is 6.54 Å². The number of hydrogen-bond donors (Lipinski definition) is 2. The lowest BCUT2D eigenvalue weighted by Crippen LogP contribution is -2.20. The Balaban J connectivity index is 1.57. The summed E-state index contributed by atoms with van der Waals surface area (Å²) in [5.41, 5.74) is 6.75. The molecule has 2 heterocycles. The average Bonchev–Trinajstić information content (AvgIpc) is 3.14. The average molecular weight is 425 g/mol. The third-order valence-electron chi connectivity index (χ3n) is 5.20. The van der Waals surface area contributed by atoms with Crippen LogP contribution in [0.4, 0.5) is 0 Å². The molecule has 0 spiro atoms. The molecule has 6 nitrogen and oxygen atoms in total. The van der Waals surface area contributed by atoms with Crippen molar-refractivity contribution in [3.8, 4) is 11.3 Å². The fourth-order valence-corrected chi connectivity index (χ4v) is 3.42. The van der Waals surface area contributed by atoms with Crippen molar-refractivity contribution >= 4 is 23.6 Å². The van der Waals surface area contributed by atoms with Crippen LogP contribution >= 0.6 is 0 Å². The summed E-state index contributed by atoms with van der Waals surface area (Å²) in [5.74, 6) is -1.22. The lowest BCUT2D eigenvalue weighted by molar-refractivity contribution is -0.116. The van der Waals surface area contributed by atoms with Gasteiger partial charge in [0.1, 0.15) is 5.65 Å². The molecule has 2 N–H and O–H groups in total. The largest absolute Gasteiger partial charge is 0.478 e. The van der Waals surface area contributed by atoms with Gasteiger partial charge in [-0.15, -0.1) is 0 Å². The molecule has 0 saturated carbocycles. The number of amides is 1. The standard InChI is InChI=1S/C26H23N3O3/c1-17-3-7-20(8-4-17)25-22(29-14-13-18(2)15-23(29)28-25)11-12-24(30)27-16-19-5-9-21(10-6-19)26(31)32/h3-15H,16H2,1-2H3,(H,27,30)(H,31,32)/b12-11+. The SMILES string of the molecule is Cc1ccc(-c2nc3cc(C)ccn3c2/C=C/C(=O)NCc2ccc(C(=O)O)cc2)cc1. The zero-order valence-electron chi connectivity index (χ0n) is 17.9. The van der Waals surface area contributed by atoms with Gasteiger partial charge >= 0.3 is 5.97 Å². The fourth-order valence-electron chi connectivity index (χ4n) is 3.42. The highest BCUT2D eigenvalue weighted by Gasteiger charge is 2.12. The highest BCUT2D eigenvalue weighted by molar-refractivity contribution is 5.93. The van der Waals surface area contributed by atoms with Gasteiger partial charge in [0.05, 0.1) is 17.0 Å². The molecule has 0 radical (unpaired) electrons. The molecule has 0 aliphatic carbocycles. The zero-order chi connectivity index (χ0) is 22.7. The summed E-state index contributed by atoms with van der Waals surface area (Å²) >= 11 is 0. The predicted octanol–water partition coefficient (Wildman–Crippen LogP) is 4.65. The molecule has 0 fully saturated rings. The second-order valence-corrected chi connectivity index (χ2v) is 7.70. The maximum Gasteiger partial charge on any atom is 0.335 e. The molecule has 0 bridgehead atoms. The minimum absolute atomic E-state index is 0.214. The molecule has 0 saturated heterocycles. The number of aromatic carboxylic acids is 1. The van der Waals surface area contributed by atoms with Crippen molar-refractivity contribution in [1.29, 1.82) is 0 Å². The van der Waals surface area contributed by atoms with Crippen LogP contribution in [0.1, 0.15) is 32.7 Å². The Bertz CT molecular complexity index is 1320. The first kappa shape index (κ1) is 21.1. The summed E-state index contributed by atoms with van der Waals surface area (Å²) in [5, 5.41) is 11.8. The number of nitrogens with one attached hydrogen (secondary N) is 1. The van der Waals surface area contributed by atoms with Crippen molar-refractivity contribution in [2.45, 2.75) is 20.4 Å². The first-order valence-electron chi connectivity index (χ1n) is 10.2. The Hall–Kier alpha value is -4.19. The number of nitrogens with zero attached hydrogens (tertiary/aromatic N) is 2. The number of aromatic nitrogens is 2. The Morgan fingerprint density at radius 1 is 1.00 bits per heavy atom. The highest BCUT2D eigenvalue weighted by atomic mass is 16.4. The summed E-state index contributed by atoms with van der Waals surface area (Å²) in [6.45, 7) is 4.36. The van der Waals surface area contributed by atoms with Crippen molar-refractivity contribution in [2.75, 3.05) is 0 Å². The van der Waals surface area contributed by atoms with E-state index in [-0.39, 0.29) is 11.5 Å². The molecule has 0 aliphatic rings. The van der Waals surface area contributed by atoms with Gasteiger partial charge < -0.3 is 10.4 Å². The lowest BCUT2D eigenvalue weighted by Gasteiger charge is -2.04. The fraction of sp³-hybridized carbons (Fsp3) is 0.115. The molecule has 6 heteroatoms. The Kier molecular flexibility index (Phi) is 5.85. The van der Waals surface area contributed by atoms with Gasteiger partial charge in [0.2, 0.25) is 5.91 Å². The van der Waals surface area contributed by atoms with Gasteiger partial charge in [0, 0.05) is 24.4 Å². The van der Waals surface area contributed by atoms with Crippen LogP contribution in [-0.4, -0.2) is 26.4 Å². The van der Waals surface area contributed by atoms with E-state index in [1.165, 1.54) is 23.8 Å². The number of rotatable bonds is 6. The van der Waals surface area contributed by atoms with Crippen LogP contribution in [0.5, 0.6) is 0 Å².